The first-order valence-electron chi connectivity index (χ1n) is 10.4. The topological polar surface area (TPSA) is 39.5 Å². The Morgan fingerprint density at radius 1 is 1.23 bits per heavy atom. The number of benzene rings is 2. The number of hydrogen-bond acceptors (Lipinski definition) is 4. The summed E-state index contributed by atoms with van der Waals surface area (Å²) >= 11 is 0. The van der Waals surface area contributed by atoms with Crippen LogP contribution < -0.4 is 4.74 Å². The summed E-state index contributed by atoms with van der Waals surface area (Å²) in [5.41, 5.74) is 4.77. The van der Waals surface area contributed by atoms with Crippen molar-refractivity contribution in [3.05, 3.63) is 65.6 Å². The molecule has 2 aromatic carbocycles. The molecule has 2 heterocycles. The van der Waals surface area contributed by atoms with Gasteiger partial charge in [0.05, 0.1) is 31.7 Å². The number of aryl methyl sites for hydroxylation is 1. The second-order valence-electron chi connectivity index (χ2n) is 7.69. The van der Waals surface area contributed by atoms with Crippen LogP contribution in [0.1, 0.15) is 24.5 Å². The Morgan fingerprint density at radius 2 is 2.07 bits per heavy atom. The van der Waals surface area contributed by atoms with Gasteiger partial charge in [-0.2, -0.15) is 5.10 Å². The van der Waals surface area contributed by atoms with E-state index < -0.39 is 0 Å². The second kappa shape index (κ2) is 8.98. The van der Waals surface area contributed by atoms with Gasteiger partial charge >= 0.3 is 0 Å². The van der Waals surface area contributed by atoms with Gasteiger partial charge < -0.3 is 9.47 Å². The molecule has 0 aliphatic carbocycles. The molecule has 0 amide bonds. The molecule has 1 fully saturated rings. The average molecular weight is 410 g/mol. The van der Waals surface area contributed by atoms with Crippen molar-refractivity contribution in [3.8, 4) is 22.7 Å². The third-order valence-corrected chi connectivity index (χ3v) is 5.77. The minimum Gasteiger partial charge on any atom is -0.494 e. The summed E-state index contributed by atoms with van der Waals surface area (Å²) in [4.78, 5) is 2.44. The summed E-state index contributed by atoms with van der Waals surface area (Å²) in [7, 11) is 1.47. The fraction of sp³-hybridized carbons (Fsp3) is 0.375. The van der Waals surface area contributed by atoms with E-state index in [1.165, 1.54) is 13.2 Å². The van der Waals surface area contributed by atoms with Crippen molar-refractivity contribution in [1.29, 1.82) is 0 Å². The lowest BCUT2D eigenvalue weighted by Gasteiger charge is -2.34. The van der Waals surface area contributed by atoms with Gasteiger partial charge in [0.15, 0.2) is 11.6 Å². The highest BCUT2D eigenvalue weighted by molar-refractivity contribution is 5.64. The van der Waals surface area contributed by atoms with Crippen molar-refractivity contribution in [1.82, 2.24) is 14.7 Å². The minimum atomic E-state index is -0.385. The average Bonchev–Trinajstić information content (AvgIpc) is 3.18. The van der Waals surface area contributed by atoms with Crippen LogP contribution in [0.2, 0.25) is 0 Å². The number of morpholine rings is 1. The molecule has 0 N–H and O–H groups in total. The molecule has 30 heavy (non-hydrogen) atoms. The predicted octanol–water partition coefficient (Wildman–Crippen LogP) is 4.61. The highest BCUT2D eigenvalue weighted by atomic mass is 19.1. The van der Waals surface area contributed by atoms with Crippen LogP contribution in [-0.4, -0.2) is 47.6 Å². The van der Waals surface area contributed by atoms with Crippen molar-refractivity contribution < 1.29 is 13.9 Å². The summed E-state index contributed by atoms with van der Waals surface area (Å²) in [5, 5.41) is 4.88. The van der Waals surface area contributed by atoms with E-state index in [1.54, 1.807) is 6.07 Å². The number of rotatable bonds is 6. The molecule has 1 aromatic heterocycles. The Labute approximate surface area is 177 Å². The van der Waals surface area contributed by atoms with Gasteiger partial charge in [-0.3, -0.25) is 4.90 Å². The van der Waals surface area contributed by atoms with Crippen LogP contribution >= 0.6 is 0 Å². The summed E-state index contributed by atoms with van der Waals surface area (Å²) in [6.45, 7) is 7.35. The predicted molar refractivity (Wildman–Crippen MR) is 116 cm³/mol. The Morgan fingerprint density at radius 3 is 2.80 bits per heavy atom. The fourth-order valence-electron chi connectivity index (χ4n) is 4.02. The summed E-state index contributed by atoms with van der Waals surface area (Å²) in [5.74, 6) is -0.151. The van der Waals surface area contributed by atoms with Gasteiger partial charge in [-0.25, -0.2) is 9.07 Å². The van der Waals surface area contributed by atoms with E-state index in [2.05, 4.69) is 31.0 Å². The number of para-hydroxylation sites is 1. The monoisotopic (exact) mass is 409 g/mol. The molecule has 0 unspecified atom stereocenters. The number of ether oxygens (including phenoxy) is 2. The van der Waals surface area contributed by atoms with Crippen LogP contribution in [0.15, 0.2) is 48.7 Å². The summed E-state index contributed by atoms with van der Waals surface area (Å²) < 4.78 is 27.1. The molecular weight excluding hydrogens is 381 g/mol. The Hall–Kier alpha value is -2.70. The number of aromatic nitrogens is 2. The van der Waals surface area contributed by atoms with Crippen molar-refractivity contribution in [2.45, 2.75) is 32.9 Å². The Bertz CT molecular complexity index is 1020. The molecular formula is C24H28FN3O2. The third kappa shape index (κ3) is 4.11. The second-order valence-corrected chi connectivity index (χ2v) is 7.69. The Balaban J connectivity index is 1.77. The lowest BCUT2D eigenvalue weighted by molar-refractivity contribution is -0.0126. The van der Waals surface area contributed by atoms with E-state index in [0.717, 1.165) is 60.8 Å². The third-order valence-electron chi connectivity index (χ3n) is 5.77. The summed E-state index contributed by atoms with van der Waals surface area (Å²) in [6, 6.07) is 13.5. The Kier molecular flexibility index (Phi) is 6.16. The van der Waals surface area contributed by atoms with E-state index in [0.29, 0.717) is 6.04 Å². The van der Waals surface area contributed by atoms with Crippen LogP contribution in [-0.2, 0) is 11.3 Å². The minimum absolute atomic E-state index is 0.234. The standard InChI is InChI=1S/C24H28FN3O2/c1-4-20-16-30-12-11-27(20)14-19-15-28(22-8-6-5-7-17(22)2)26-24(19)18-9-10-23(29-3)21(25)13-18/h5-10,13,15,20H,4,11-12,14,16H2,1-3H3/t20-/m0/s1. The van der Waals surface area contributed by atoms with E-state index in [1.807, 2.05) is 28.9 Å². The van der Waals surface area contributed by atoms with Crippen LogP contribution in [0.25, 0.3) is 16.9 Å². The lowest BCUT2D eigenvalue weighted by atomic mass is 10.1. The van der Waals surface area contributed by atoms with Gasteiger partial charge in [0.1, 0.15) is 0 Å². The van der Waals surface area contributed by atoms with E-state index in [9.17, 15) is 4.39 Å². The smallest absolute Gasteiger partial charge is 0.165 e. The van der Waals surface area contributed by atoms with Crippen molar-refractivity contribution >= 4 is 0 Å². The molecule has 3 aromatic rings. The van der Waals surface area contributed by atoms with Gasteiger partial charge in [-0.15, -0.1) is 0 Å². The first-order chi connectivity index (χ1) is 14.6. The molecule has 158 valence electrons. The van der Waals surface area contributed by atoms with E-state index >= 15 is 0 Å². The zero-order valence-corrected chi connectivity index (χ0v) is 17.8. The molecule has 1 aliphatic heterocycles. The van der Waals surface area contributed by atoms with Gasteiger partial charge in [0.2, 0.25) is 0 Å². The quantitative estimate of drug-likeness (QED) is 0.596. The zero-order chi connectivity index (χ0) is 21.1. The molecule has 0 radical (unpaired) electrons. The van der Waals surface area contributed by atoms with E-state index in [-0.39, 0.29) is 11.6 Å². The van der Waals surface area contributed by atoms with Gasteiger partial charge in [0, 0.05) is 36.5 Å². The lowest BCUT2D eigenvalue weighted by Crippen LogP contribution is -2.44. The van der Waals surface area contributed by atoms with Crippen LogP contribution in [0, 0.1) is 12.7 Å². The first kappa shape index (κ1) is 20.6. The number of hydrogen-bond donors (Lipinski definition) is 0. The summed E-state index contributed by atoms with van der Waals surface area (Å²) in [6.07, 6.45) is 3.10. The van der Waals surface area contributed by atoms with E-state index in [4.69, 9.17) is 14.6 Å². The fourth-order valence-corrected chi connectivity index (χ4v) is 4.02. The maximum Gasteiger partial charge on any atom is 0.165 e. The van der Waals surface area contributed by atoms with Crippen LogP contribution in [0.3, 0.4) is 0 Å². The SMILES string of the molecule is CC[C@H]1COCCN1Cc1cn(-c2ccccc2C)nc1-c1ccc(OC)c(F)c1. The largest absolute Gasteiger partial charge is 0.494 e. The highest BCUT2D eigenvalue weighted by Gasteiger charge is 2.24. The molecule has 5 nitrogen and oxygen atoms in total. The maximum atomic E-state index is 14.5. The number of halogens is 1. The van der Waals surface area contributed by atoms with Gasteiger partial charge in [0.25, 0.3) is 0 Å². The zero-order valence-electron chi connectivity index (χ0n) is 17.8. The van der Waals surface area contributed by atoms with Gasteiger partial charge in [-0.1, -0.05) is 25.1 Å². The van der Waals surface area contributed by atoms with Crippen LogP contribution in [0.4, 0.5) is 4.39 Å². The molecule has 1 aliphatic rings. The normalized spacial score (nSPS) is 17.3. The van der Waals surface area contributed by atoms with Crippen molar-refractivity contribution in [3.63, 3.8) is 0 Å². The molecule has 1 atom stereocenters. The van der Waals surface area contributed by atoms with Gasteiger partial charge in [-0.05, 0) is 43.2 Å². The van der Waals surface area contributed by atoms with Crippen molar-refractivity contribution in [2.75, 3.05) is 26.9 Å². The molecule has 0 bridgehead atoms. The number of methoxy groups -OCH3 is 1. The molecule has 1 saturated heterocycles. The highest BCUT2D eigenvalue weighted by Crippen LogP contribution is 2.30. The van der Waals surface area contributed by atoms with Crippen molar-refractivity contribution in [2.24, 2.45) is 0 Å². The molecule has 0 spiro atoms. The first-order valence-corrected chi connectivity index (χ1v) is 10.4. The molecule has 0 saturated carbocycles. The maximum absolute atomic E-state index is 14.5. The number of nitrogens with zero attached hydrogens (tertiary/aromatic N) is 3. The molecule has 4 rings (SSSR count). The van der Waals surface area contributed by atoms with Crippen LogP contribution in [0.5, 0.6) is 5.75 Å². The molecule has 6 heteroatoms.